The molecular formula is C22H28N4O4S. The maximum atomic E-state index is 12.6. The van der Waals surface area contributed by atoms with Crippen molar-refractivity contribution in [1.29, 1.82) is 0 Å². The smallest absolute Gasteiger partial charge is 0.350 e. The predicted octanol–water partition coefficient (Wildman–Crippen LogP) is 2.55. The lowest BCUT2D eigenvalue weighted by Crippen LogP contribution is -2.30. The molecule has 2 heterocycles. The van der Waals surface area contributed by atoms with Crippen LogP contribution >= 0.6 is 11.3 Å². The Balaban J connectivity index is 1.53. The summed E-state index contributed by atoms with van der Waals surface area (Å²) >= 11 is 1.09. The fourth-order valence-electron chi connectivity index (χ4n) is 3.38. The molecule has 0 spiro atoms. The van der Waals surface area contributed by atoms with Gasteiger partial charge < -0.3 is 19.9 Å². The fraction of sp³-hybridized carbons (Fsp3) is 0.455. The second-order valence-electron chi connectivity index (χ2n) is 7.88. The summed E-state index contributed by atoms with van der Waals surface area (Å²) in [7, 11) is 3.98. The monoisotopic (exact) mass is 444 g/mol. The molecule has 1 aromatic heterocycles. The Morgan fingerprint density at radius 2 is 2.03 bits per heavy atom. The van der Waals surface area contributed by atoms with Crippen molar-refractivity contribution in [2.45, 2.75) is 26.4 Å². The van der Waals surface area contributed by atoms with E-state index < -0.39 is 11.9 Å². The van der Waals surface area contributed by atoms with E-state index in [2.05, 4.69) is 15.2 Å². The number of aromatic nitrogens is 1. The highest BCUT2D eigenvalue weighted by atomic mass is 32.1. The lowest BCUT2D eigenvalue weighted by Gasteiger charge is -2.17. The Morgan fingerprint density at radius 3 is 2.74 bits per heavy atom. The summed E-state index contributed by atoms with van der Waals surface area (Å²) in [6.07, 6.45) is 1.07. The molecule has 2 aromatic rings. The van der Waals surface area contributed by atoms with Gasteiger partial charge in [-0.25, -0.2) is 9.78 Å². The number of aryl methyl sites for hydroxylation is 1. The minimum absolute atomic E-state index is 0.000552. The Labute approximate surface area is 186 Å². The van der Waals surface area contributed by atoms with Gasteiger partial charge in [0.1, 0.15) is 11.5 Å². The molecule has 0 saturated carbocycles. The van der Waals surface area contributed by atoms with E-state index in [9.17, 15) is 14.4 Å². The molecule has 0 bridgehead atoms. The van der Waals surface area contributed by atoms with Gasteiger partial charge in [-0.15, -0.1) is 0 Å². The molecule has 1 N–H and O–H groups in total. The molecule has 166 valence electrons. The summed E-state index contributed by atoms with van der Waals surface area (Å²) in [6, 6.07) is 9.42. The number of nitrogens with one attached hydrogen (secondary N) is 1. The van der Waals surface area contributed by atoms with Gasteiger partial charge in [-0.2, -0.15) is 0 Å². The Hall–Kier alpha value is -2.78. The summed E-state index contributed by atoms with van der Waals surface area (Å²) < 4.78 is 5.36. The Kier molecular flexibility index (Phi) is 7.75. The van der Waals surface area contributed by atoms with Crippen molar-refractivity contribution in [3.63, 3.8) is 0 Å². The van der Waals surface area contributed by atoms with Crippen molar-refractivity contribution >= 4 is 34.3 Å². The van der Waals surface area contributed by atoms with Crippen LogP contribution in [0, 0.1) is 12.8 Å². The minimum Gasteiger partial charge on any atom is -0.457 e. The number of amides is 2. The van der Waals surface area contributed by atoms with Crippen LogP contribution in [0.5, 0.6) is 0 Å². The maximum Gasteiger partial charge on any atom is 0.350 e. The number of benzene rings is 1. The van der Waals surface area contributed by atoms with Crippen LogP contribution in [0.4, 0.5) is 5.13 Å². The lowest BCUT2D eigenvalue weighted by atomic mass is 10.1. The second kappa shape index (κ2) is 10.5. The highest BCUT2D eigenvalue weighted by Crippen LogP contribution is 2.26. The Morgan fingerprint density at radius 1 is 1.29 bits per heavy atom. The number of carbonyl (C=O) groups excluding carboxylic acids is 3. The molecule has 1 unspecified atom stereocenters. The molecule has 1 saturated heterocycles. The van der Waals surface area contributed by atoms with Gasteiger partial charge in [0.05, 0.1) is 11.6 Å². The molecule has 2 amide bonds. The zero-order valence-electron chi connectivity index (χ0n) is 18.1. The molecule has 31 heavy (non-hydrogen) atoms. The zero-order valence-corrected chi connectivity index (χ0v) is 18.9. The molecule has 1 aromatic carbocycles. The van der Waals surface area contributed by atoms with Crippen molar-refractivity contribution < 1.29 is 19.1 Å². The van der Waals surface area contributed by atoms with E-state index in [-0.39, 0.29) is 24.8 Å². The van der Waals surface area contributed by atoms with E-state index in [4.69, 9.17) is 4.74 Å². The largest absolute Gasteiger partial charge is 0.457 e. The first-order valence-electron chi connectivity index (χ1n) is 10.3. The van der Waals surface area contributed by atoms with Gasteiger partial charge in [-0.3, -0.25) is 9.59 Å². The summed E-state index contributed by atoms with van der Waals surface area (Å²) in [5.41, 5.74) is 1.40. The third kappa shape index (κ3) is 6.35. The lowest BCUT2D eigenvalue weighted by molar-refractivity contribution is -0.128. The Bertz CT molecular complexity index is 929. The van der Waals surface area contributed by atoms with Crippen molar-refractivity contribution in [2.75, 3.05) is 39.0 Å². The van der Waals surface area contributed by atoms with Gasteiger partial charge in [0.25, 0.3) is 0 Å². The SMILES string of the molecule is Cc1nc(NC(=O)C2CC(=O)N(CCCN(C)C)C2)sc1C(=O)OCc1ccccc1. The van der Waals surface area contributed by atoms with Gasteiger partial charge in [0, 0.05) is 19.5 Å². The molecule has 9 heteroatoms. The number of rotatable bonds is 9. The number of hydrogen-bond donors (Lipinski definition) is 1. The number of nitrogens with zero attached hydrogens (tertiary/aromatic N) is 3. The number of anilines is 1. The van der Waals surface area contributed by atoms with E-state index in [1.807, 2.05) is 44.4 Å². The highest BCUT2D eigenvalue weighted by Gasteiger charge is 2.34. The number of hydrogen-bond acceptors (Lipinski definition) is 7. The van der Waals surface area contributed by atoms with Crippen molar-refractivity contribution in [3.8, 4) is 0 Å². The number of likely N-dealkylation sites (tertiary alicyclic amines) is 1. The third-order valence-electron chi connectivity index (χ3n) is 5.04. The quantitative estimate of drug-likeness (QED) is 0.598. The van der Waals surface area contributed by atoms with E-state index in [0.717, 1.165) is 29.9 Å². The van der Waals surface area contributed by atoms with Crippen molar-refractivity contribution in [3.05, 3.63) is 46.5 Å². The van der Waals surface area contributed by atoms with Gasteiger partial charge in [-0.05, 0) is 39.5 Å². The number of esters is 1. The van der Waals surface area contributed by atoms with E-state index in [1.54, 1.807) is 11.8 Å². The van der Waals surface area contributed by atoms with Crippen LogP contribution in [0.1, 0.15) is 33.8 Å². The van der Waals surface area contributed by atoms with Crippen LogP contribution in [0.25, 0.3) is 0 Å². The minimum atomic E-state index is -0.470. The predicted molar refractivity (Wildman–Crippen MR) is 119 cm³/mol. The first-order chi connectivity index (χ1) is 14.8. The standard InChI is InChI=1S/C22H28N4O4S/c1-15-19(21(29)30-14-16-8-5-4-6-9-16)31-22(23-15)24-20(28)17-12-18(27)26(13-17)11-7-10-25(2)3/h4-6,8-9,17H,7,10-14H2,1-3H3,(H,23,24,28). The maximum absolute atomic E-state index is 12.6. The van der Waals surface area contributed by atoms with Crippen LogP contribution in [0.15, 0.2) is 30.3 Å². The summed E-state index contributed by atoms with van der Waals surface area (Å²) in [6.45, 7) is 3.83. The normalized spacial score (nSPS) is 16.1. The van der Waals surface area contributed by atoms with Gasteiger partial charge >= 0.3 is 5.97 Å². The van der Waals surface area contributed by atoms with Crippen LogP contribution in [-0.4, -0.2) is 66.3 Å². The van der Waals surface area contributed by atoms with Gasteiger partial charge in [0.2, 0.25) is 11.8 Å². The third-order valence-corrected chi connectivity index (χ3v) is 6.10. The number of thiazole rings is 1. The number of carbonyl (C=O) groups is 3. The molecule has 0 radical (unpaired) electrons. The average Bonchev–Trinajstić information content (AvgIpc) is 3.29. The first kappa shape index (κ1) is 22.9. The molecule has 3 rings (SSSR count). The van der Waals surface area contributed by atoms with Crippen LogP contribution in [0.2, 0.25) is 0 Å². The summed E-state index contributed by atoms with van der Waals surface area (Å²) in [5.74, 6) is -1.13. The summed E-state index contributed by atoms with van der Waals surface area (Å²) in [4.78, 5) is 45.7. The highest BCUT2D eigenvalue weighted by molar-refractivity contribution is 7.17. The van der Waals surface area contributed by atoms with Crippen molar-refractivity contribution in [2.24, 2.45) is 5.92 Å². The molecule has 1 atom stereocenters. The molecule has 1 fully saturated rings. The zero-order chi connectivity index (χ0) is 22.4. The van der Waals surface area contributed by atoms with Gasteiger partial charge in [0.15, 0.2) is 5.13 Å². The molecule has 8 nitrogen and oxygen atoms in total. The number of ether oxygens (including phenoxy) is 1. The topological polar surface area (TPSA) is 91.8 Å². The second-order valence-corrected chi connectivity index (χ2v) is 8.88. The molecule has 0 aliphatic carbocycles. The average molecular weight is 445 g/mol. The van der Waals surface area contributed by atoms with Crippen LogP contribution < -0.4 is 5.32 Å². The molecule has 1 aliphatic rings. The fourth-order valence-corrected chi connectivity index (χ4v) is 4.24. The van der Waals surface area contributed by atoms with Crippen LogP contribution in [-0.2, 0) is 20.9 Å². The first-order valence-corrected chi connectivity index (χ1v) is 11.1. The van der Waals surface area contributed by atoms with E-state index >= 15 is 0 Å². The molecule has 1 aliphatic heterocycles. The molecular weight excluding hydrogens is 416 g/mol. The summed E-state index contributed by atoms with van der Waals surface area (Å²) in [5, 5.41) is 3.10. The van der Waals surface area contributed by atoms with Crippen molar-refractivity contribution in [1.82, 2.24) is 14.8 Å². The van der Waals surface area contributed by atoms with E-state index in [0.29, 0.717) is 28.8 Å². The van der Waals surface area contributed by atoms with Gasteiger partial charge in [-0.1, -0.05) is 41.7 Å². The van der Waals surface area contributed by atoms with Crippen LogP contribution in [0.3, 0.4) is 0 Å². The van der Waals surface area contributed by atoms with E-state index in [1.165, 1.54) is 0 Å².